The Morgan fingerprint density at radius 3 is 2.50 bits per heavy atom. The summed E-state index contributed by atoms with van der Waals surface area (Å²) < 4.78 is 10.2. The molecule has 0 bridgehead atoms. The second-order valence-electron chi connectivity index (χ2n) is 6.82. The summed E-state index contributed by atoms with van der Waals surface area (Å²) in [5.41, 5.74) is 0. The molecule has 2 aliphatic heterocycles. The molecule has 2 aliphatic rings. The van der Waals surface area contributed by atoms with Crippen molar-refractivity contribution in [1.29, 1.82) is 0 Å². The van der Waals surface area contributed by atoms with E-state index in [0.29, 0.717) is 25.2 Å². The highest BCUT2D eigenvalue weighted by Crippen LogP contribution is 2.32. The lowest BCUT2D eigenvalue weighted by molar-refractivity contribution is -0.150. The monoisotopic (exact) mass is 311 g/mol. The smallest absolute Gasteiger partial charge is 0.306 e. The zero-order chi connectivity index (χ0) is 16.1. The lowest BCUT2D eigenvalue weighted by atomic mass is 9.82. The average molecular weight is 311 g/mol. The van der Waals surface area contributed by atoms with Crippen LogP contribution in [0.1, 0.15) is 46.0 Å². The fourth-order valence-corrected chi connectivity index (χ4v) is 3.81. The number of carbonyl (C=O) groups is 2. The first-order valence-corrected chi connectivity index (χ1v) is 8.49. The maximum Gasteiger partial charge on any atom is 0.306 e. The van der Waals surface area contributed by atoms with Crippen molar-refractivity contribution in [3.63, 3.8) is 0 Å². The maximum atomic E-state index is 13.1. The van der Waals surface area contributed by atoms with Crippen molar-refractivity contribution < 1.29 is 19.1 Å². The number of nitrogens with zero attached hydrogens (tertiary/aromatic N) is 1. The summed E-state index contributed by atoms with van der Waals surface area (Å²) in [4.78, 5) is 26.9. The Balaban J connectivity index is 2.12. The molecule has 0 aromatic rings. The van der Waals surface area contributed by atoms with Gasteiger partial charge in [0, 0.05) is 25.8 Å². The van der Waals surface area contributed by atoms with E-state index in [0.717, 1.165) is 32.2 Å². The molecule has 0 radical (unpaired) electrons. The molecule has 0 aliphatic carbocycles. The number of methoxy groups -OCH3 is 1. The van der Waals surface area contributed by atoms with Crippen LogP contribution in [0.15, 0.2) is 0 Å². The molecule has 0 saturated carbocycles. The van der Waals surface area contributed by atoms with Gasteiger partial charge in [-0.15, -0.1) is 0 Å². The molecular weight excluding hydrogens is 282 g/mol. The second-order valence-corrected chi connectivity index (χ2v) is 6.82. The molecule has 1 amide bonds. The number of likely N-dealkylation sites (tertiary alicyclic amines) is 1. The minimum absolute atomic E-state index is 0.147. The normalized spacial score (nSPS) is 24.5. The van der Waals surface area contributed by atoms with Crippen LogP contribution in [-0.4, -0.2) is 49.7 Å². The summed E-state index contributed by atoms with van der Waals surface area (Å²) in [6, 6.07) is 0.312. The van der Waals surface area contributed by atoms with Gasteiger partial charge in [0.2, 0.25) is 5.91 Å². The molecule has 0 aromatic heterocycles. The number of amides is 1. The van der Waals surface area contributed by atoms with Crippen molar-refractivity contribution in [1.82, 2.24) is 4.90 Å². The van der Waals surface area contributed by atoms with E-state index in [1.807, 2.05) is 4.90 Å². The van der Waals surface area contributed by atoms with Crippen molar-refractivity contribution in [3.8, 4) is 0 Å². The van der Waals surface area contributed by atoms with Crippen molar-refractivity contribution in [3.05, 3.63) is 0 Å². The minimum atomic E-state index is -0.287. The number of hydrogen-bond acceptors (Lipinski definition) is 4. The molecule has 0 spiro atoms. The minimum Gasteiger partial charge on any atom is -0.469 e. The highest BCUT2D eigenvalue weighted by Gasteiger charge is 2.39. The standard InChI is InChI=1S/C17H29NO4/c1-12(2)15-5-4-8-18(15)17(20)14(11-16(19)21-3)13-6-9-22-10-7-13/h12-15H,4-11H2,1-3H3/t14-,15-/m0/s1. The molecular formula is C17H29NO4. The van der Waals surface area contributed by atoms with Crippen LogP contribution < -0.4 is 0 Å². The fraction of sp³-hybridized carbons (Fsp3) is 0.882. The number of rotatable bonds is 5. The van der Waals surface area contributed by atoms with Crippen molar-refractivity contribution in [2.75, 3.05) is 26.9 Å². The lowest BCUT2D eigenvalue weighted by Crippen LogP contribution is -2.45. The maximum absolute atomic E-state index is 13.1. The third kappa shape index (κ3) is 4.00. The quantitative estimate of drug-likeness (QED) is 0.731. The van der Waals surface area contributed by atoms with Gasteiger partial charge in [-0.05, 0) is 37.5 Å². The molecule has 5 nitrogen and oxygen atoms in total. The number of esters is 1. The Labute approximate surface area is 133 Å². The van der Waals surface area contributed by atoms with Crippen LogP contribution in [0.5, 0.6) is 0 Å². The van der Waals surface area contributed by atoms with Crippen LogP contribution in [0, 0.1) is 17.8 Å². The Morgan fingerprint density at radius 1 is 1.23 bits per heavy atom. The van der Waals surface area contributed by atoms with E-state index in [-0.39, 0.29) is 30.1 Å². The molecule has 22 heavy (non-hydrogen) atoms. The summed E-state index contributed by atoms with van der Waals surface area (Å²) >= 11 is 0. The van der Waals surface area contributed by atoms with Crippen LogP contribution in [0.25, 0.3) is 0 Å². The largest absolute Gasteiger partial charge is 0.469 e. The van der Waals surface area contributed by atoms with Crippen LogP contribution in [0.4, 0.5) is 0 Å². The fourth-order valence-electron chi connectivity index (χ4n) is 3.81. The Kier molecular flexibility index (Phi) is 6.24. The van der Waals surface area contributed by atoms with E-state index in [9.17, 15) is 9.59 Å². The first-order chi connectivity index (χ1) is 10.5. The molecule has 0 N–H and O–H groups in total. The van der Waals surface area contributed by atoms with Gasteiger partial charge in [0.15, 0.2) is 0 Å². The predicted octanol–water partition coefficient (Wildman–Crippen LogP) is 2.24. The summed E-state index contributed by atoms with van der Waals surface area (Å²) in [7, 11) is 1.39. The van der Waals surface area contributed by atoms with E-state index in [4.69, 9.17) is 9.47 Å². The van der Waals surface area contributed by atoms with Gasteiger partial charge in [-0.2, -0.15) is 0 Å². The van der Waals surface area contributed by atoms with Gasteiger partial charge in [0.05, 0.1) is 19.4 Å². The van der Waals surface area contributed by atoms with Gasteiger partial charge in [0.1, 0.15) is 0 Å². The Bertz CT molecular complexity index is 390. The van der Waals surface area contributed by atoms with Gasteiger partial charge in [0.25, 0.3) is 0 Å². The van der Waals surface area contributed by atoms with Crippen molar-refractivity contribution >= 4 is 11.9 Å². The molecule has 2 rings (SSSR count). The zero-order valence-corrected chi connectivity index (χ0v) is 14.0. The highest BCUT2D eigenvalue weighted by molar-refractivity contribution is 5.84. The van der Waals surface area contributed by atoms with E-state index >= 15 is 0 Å². The topological polar surface area (TPSA) is 55.8 Å². The first-order valence-electron chi connectivity index (χ1n) is 8.49. The van der Waals surface area contributed by atoms with E-state index in [1.165, 1.54) is 7.11 Å². The molecule has 126 valence electrons. The van der Waals surface area contributed by atoms with Gasteiger partial charge in [-0.1, -0.05) is 13.8 Å². The molecule has 5 heteroatoms. The molecule has 0 aromatic carbocycles. The summed E-state index contributed by atoms with van der Waals surface area (Å²) in [5.74, 6) is 0.294. The summed E-state index contributed by atoms with van der Waals surface area (Å²) in [5, 5.41) is 0. The molecule has 2 atom stereocenters. The molecule has 2 heterocycles. The van der Waals surface area contributed by atoms with Crippen molar-refractivity contribution in [2.45, 2.75) is 52.0 Å². The number of hydrogen-bond donors (Lipinski definition) is 0. The SMILES string of the molecule is COC(=O)C[C@H](C(=O)N1CCC[C@H]1C(C)C)C1CCOCC1. The average Bonchev–Trinajstić information content (AvgIpc) is 3.02. The zero-order valence-electron chi connectivity index (χ0n) is 14.0. The Hall–Kier alpha value is -1.10. The molecule has 2 saturated heterocycles. The van der Waals surface area contributed by atoms with E-state index < -0.39 is 0 Å². The third-order valence-corrected chi connectivity index (χ3v) is 5.12. The Morgan fingerprint density at radius 2 is 1.91 bits per heavy atom. The second kappa shape index (κ2) is 7.95. The van der Waals surface area contributed by atoms with Gasteiger partial charge >= 0.3 is 5.97 Å². The molecule has 0 unspecified atom stereocenters. The van der Waals surface area contributed by atoms with Crippen LogP contribution in [0.3, 0.4) is 0 Å². The molecule has 2 fully saturated rings. The van der Waals surface area contributed by atoms with Crippen LogP contribution >= 0.6 is 0 Å². The van der Waals surface area contributed by atoms with Crippen molar-refractivity contribution in [2.24, 2.45) is 17.8 Å². The highest BCUT2D eigenvalue weighted by atomic mass is 16.5. The van der Waals surface area contributed by atoms with Crippen LogP contribution in [0.2, 0.25) is 0 Å². The van der Waals surface area contributed by atoms with Crippen LogP contribution in [-0.2, 0) is 19.1 Å². The van der Waals surface area contributed by atoms with Gasteiger partial charge in [-0.25, -0.2) is 0 Å². The van der Waals surface area contributed by atoms with E-state index in [2.05, 4.69) is 13.8 Å². The number of carbonyl (C=O) groups excluding carboxylic acids is 2. The summed E-state index contributed by atoms with van der Waals surface area (Å²) in [6.07, 6.45) is 4.04. The first kappa shape index (κ1) is 17.3. The van der Waals surface area contributed by atoms with E-state index in [1.54, 1.807) is 0 Å². The predicted molar refractivity (Wildman–Crippen MR) is 83.2 cm³/mol. The lowest BCUT2D eigenvalue weighted by Gasteiger charge is -2.35. The summed E-state index contributed by atoms with van der Waals surface area (Å²) in [6.45, 7) is 6.52. The van der Waals surface area contributed by atoms with Gasteiger partial charge < -0.3 is 14.4 Å². The third-order valence-electron chi connectivity index (χ3n) is 5.12. The number of ether oxygens (including phenoxy) is 2. The van der Waals surface area contributed by atoms with Gasteiger partial charge in [-0.3, -0.25) is 9.59 Å².